The van der Waals surface area contributed by atoms with E-state index in [1.807, 2.05) is 0 Å². The molecule has 1 saturated heterocycles. The molecule has 0 unspecified atom stereocenters. The third-order valence-electron chi connectivity index (χ3n) is 6.12. The molecule has 2 N–H and O–H groups in total. The second kappa shape index (κ2) is 7.36. The van der Waals surface area contributed by atoms with E-state index in [0.29, 0.717) is 24.6 Å². The van der Waals surface area contributed by atoms with Crippen molar-refractivity contribution in [2.45, 2.75) is 69.9 Å². The number of piperidine rings is 1. The van der Waals surface area contributed by atoms with Crippen LogP contribution >= 0.6 is 0 Å². The minimum atomic E-state index is 0.313. The lowest BCUT2D eigenvalue weighted by atomic mass is 9.91. The molecule has 3 aliphatic rings. The predicted molar refractivity (Wildman–Crippen MR) is 95.1 cm³/mol. The number of rotatable bonds is 4. The molecule has 1 aromatic heterocycles. The van der Waals surface area contributed by atoms with Gasteiger partial charge in [-0.25, -0.2) is 9.97 Å². The van der Waals surface area contributed by atoms with Crippen LogP contribution in [0.25, 0.3) is 0 Å². The van der Waals surface area contributed by atoms with Gasteiger partial charge in [0, 0.05) is 43.5 Å². The molecule has 132 valence electrons. The molecule has 0 radical (unpaired) electrons. The SMILES string of the molecule is OCC1CCN(c2ncc3c(n2)CCC[C@@H]3NC2CCCC2)CC1. The van der Waals surface area contributed by atoms with Gasteiger partial charge in [0.25, 0.3) is 0 Å². The summed E-state index contributed by atoms with van der Waals surface area (Å²) in [5.74, 6) is 1.35. The summed E-state index contributed by atoms with van der Waals surface area (Å²) in [7, 11) is 0. The summed E-state index contributed by atoms with van der Waals surface area (Å²) < 4.78 is 0. The molecule has 2 fully saturated rings. The third-order valence-corrected chi connectivity index (χ3v) is 6.12. The Morgan fingerprint density at radius 3 is 2.62 bits per heavy atom. The van der Waals surface area contributed by atoms with Gasteiger partial charge in [0.2, 0.25) is 5.95 Å². The van der Waals surface area contributed by atoms with Crippen LogP contribution in [0, 0.1) is 5.92 Å². The zero-order valence-electron chi connectivity index (χ0n) is 14.6. The van der Waals surface area contributed by atoms with E-state index in [1.54, 1.807) is 0 Å². The molecule has 0 spiro atoms. The van der Waals surface area contributed by atoms with Crippen molar-refractivity contribution in [2.75, 3.05) is 24.6 Å². The molecule has 0 bridgehead atoms. The number of aryl methyl sites for hydroxylation is 1. The van der Waals surface area contributed by atoms with Crippen LogP contribution in [-0.4, -0.2) is 40.8 Å². The smallest absolute Gasteiger partial charge is 0.225 e. The predicted octanol–water partition coefficient (Wildman–Crippen LogP) is 2.59. The van der Waals surface area contributed by atoms with E-state index in [1.165, 1.54) is 49.8 Å². The fraction of sp³-hybridized carbons (Fsp3) is 0.789. The number of nitrogens with zero attached hydrogens (tertiary/aromatic N) is 3. The Hall–Kier alpha value is -1.20. The van der Waals surface area contributed by atoms with Crippen LogP contribution < -0.4 is 10.2 Å². The highest BCUT2D eigenvalue weighted by Crippen LogP contribution is 2.32. The average molecular weight is 330 g/mol. The van der Waals surface area contributed by atoms with Crippen LogP contribution in [0.1, 0.15) is 68.7 Å². The minimum absolute atomic E-state index is 0.313. The first-order valence-electron chi connectivity index (χ1n) is 9.81. The first kappa shape index (κ1) is 16.3. The number of hydrogen-bond donors (Lipinski definition) is 2. The molecule has 1 atom stereocenters. The van der Waals surface area contributed by atoms with E-state index >= 15 is 0 Å². The van der Waals surface area contributed by atoms with Crippen molar-refractivity contribution >= 4 is 5.95 Å². The summed E-state index contributed by atoms with van der Waals surface area (Å²) in [5.41, 5.74) is 2.59. The van der Waals surface area contributed by atoms with Gasteiger partial charge in [-0.15, -0.1) is 0 Å². The average Bonchev–Trinajstić information content (AvgIpc) is 3.15. The number of hydrogen-bond acceptors (Lipinski definition) is 5. The maximum atomic E-state index is 9.30. The van der Waals surface area contributed by atoms with Crippen molar-refractivity contribution in [3.8, 4) is 0 Å². The first-order valence-corrected chi connectivity index (χ1v) is 9.81. The van der Waals surface area contributed by atoms with Crippen molar-refractivity contribution < 1.29 is 5.11 Å². The maximum Gasteiger partial charge on any atom is 0.225 e. The maximum absolute atomic E-state index is 9.30. The molecule has 1 aliphatic heterocycles. The second-order valence-electron chi connectivity index (χ2n) is 7.78. The van der Waals surface area contributed by atoms with Gasteiger partial charge in [-0.1, -0.05) is 12.8 Å². The molecule has 5 nitrogen and oxygen atoms in total. The van der Waals surface area contributed by atoms with E-state index in [4.69, 9.17) is 9.97 Å². The van der Waals surface area contributed by atoms with Crippen LogP contribution in [0.2, 0.25) is 0 Å². The van der Waals surface area contributed by atoms with E-state index in [2.05, 4.69) is 16.4 Å². The molecular weight excluding hydrogens is 300 g/mol. The third kappa shape index (κ3) is 3.42. The number of aliphatic hydroxyl groups is 1. The normalized spacial score (nSPS) is 25.9. The molecule has 2 heterocycles. The van der Waals surface area contributed by atoms with Gasteiger partial charge < -0.3 is 15.3 Å². The van der Waals surface area contributed by atoms with Gasteiger partial charge in [0.05, 0.1) is 5.69 Å². The van der Waals surface area contributed by atoms with E-state index in [9.17, 15) is 5.11 Å². The first-order chi connectivity index (χ1) is 11.8. The fourth-order valence-electron chi connectivity index (χ4n) is 4.55. The van der Waals surface area contributed by atoms with Crippen molar-refractivity contribution in [2.24, 2.45) is 5.92 Å². The Bertz CT molecular complexity index is 550. The Morgan fingerprint density at radius 2 is 1.88 bits per heavy atom. The van der Waals surface area contributed by atoms with Gasteiger partial charge in [-0.2, -0.15) is 0 Å². The highest BCUT2D eigenvalue weighted by atomic mass is 16.3. The Balaban J connectivity index is 1.46. The van der Waals surface area contributed by atoms with E-state index in [-0.39, 0.29) is 0 Å². The number of fused-ring (bicyclic) bond motifs is 1. The molecule has 5 heteroatoms. The summed E-state index contributed by atoms with van der Waals surface area (Å²) in [6.07, 6.45) is 13.1. The second-order valence-corrected chi connectivity index (χ2v) is 7.78. The molecule has 4 rings (SSSR count). The zero-order valence-corrected chi connectivity index (χ0v) is 14.6. The van der Waals surface area contributed by atoms with Gasteiger partial charge >= 0.3 is 0 Å². The monoisotopic (exact) mass is 330 g/mol. The largest absolute Gasteiger partial charge is 0.396 e. The number of aliphatic hydroxyl groups excluding tert-OH is 1. The summed E-state index contributed by atoms with van der Waals surface area (Å²) in [5, 5.41) is 13.2. The standard InChI is InChI=1S/C19H30N4O/c24-13-14-8-10-23(11-9-14)19-20-12-16-17(6-3-7-18(16)22-19)21-15-4-1-2-5-15/h12,14-15,17,21,24H,1-11,13H2/t17-/m0/s1. The van der Waals surface area contributed by atoms with Crippen LogP contribution in [0.5, 0.6) is 0 Å². The molecule has 24 heavy (non-hydrogen) atoms. The van der Waals surface area contributed by atoms with Crippen LogP contribution in [-0.2, 0) is 6.42 Å². The Labute approximate surface area is 144 Å². The molecule has 2 aliphatic carbocycles. The van der Waals surface area contributed by atoms with Crippen molar-refractivity contribution in [3.05, 3.63) is 17.5 Å². The van der Waals surface area contributed by atoms with Crippen LogP contribution in [0.4, 0.5) is 5.95 Å². The quantitative estimate of drug-likeness (QED) is 0.888. The summed E-state index contributed by atoms with van der Waals surface area (Å²) in [4.78, 5) is 11.9. The van der Waals surface area contributed by atoms with Gasteiger partial charge in [-0.3, -0.25) is 0 Å². The van der Waals surface area contributed by atoms with Crippen LogP contribution in [0.3, 0.4) is 0 Å². The molecule has 1 saturated carbocycles. The lowest BCUT2D eigenvalue weighted by Gasteiger charge is -2.33. The number of anilines is 1. The van der Waals surface area contributed by atoms with Gasteiger partial charge in [0.1, 0.15) is 0 Å². The number of nitrogens with one attached hydrogen (secondary N) is 1. The summed E-state index contributed by atoms with van der Waals surface area (Å²) in [6, 6.07) is 1.14. The van der Waals surface area contributed by atoms with E-state index < -0.39 is 0 Å². The Morgan fingerprint density at radius 1 is 1.08 bits per heavy atom. The highest BCUT2D eigenvalue weighted by Gasteiger charge is 2.27. The van der Waals surface area contributed by atoms with Gasteiger partial charge in [-0.05, 0) is 50.9 Å². The minimum Gasteiger partial charge on any atom is -0.396 e. The fourth-order valence-corrected chi connectivity index (χ4v) is 4.55. The lowest BCUT2D eigenvalue weighted by Crippen LogP contribution is -2.37. The molecule has 0 aromatic carbocycles. The van der Waals surface area contributed by atoms with Crippen molar-refractivity contribution in [1.29, 1.82) is 0 Å². The molecule has 0 amide bonds. The zero-order chi connectivity index (χ0) is 16.4. The molecule has 1 aromatic rings. The Kier molecular flexibility index (Phi) is 4.99. The topological polar surface area (TPSA) is 61.3 Å². The highest BCUT2D eigenvalue weighted by molar-refractivity contribution is 5.36. The van der Waals surface area contributed by atoms with Gasteiger partial charge in [0.15, 0.2) is 0 Å². The van der Waals surface area contributed by atoms with E-state index in [0.717, 1.165) is 38.3 Å². The number of aromatic nitrogens is 2. The summed E-state index contributed by atoms with van der Waals surface area (Å²) >= 11 is 0. The van der Waals surface area contributed by atoms with Crippen molar-refractivity contribution in [3.63, 3.8) is 0 Å². The summed E-state index contributed by atoms with van der Waals surface area (Å²) in [6.45, 7) is 2.24. The van der Waals surface area contributed by atoms with Crippen molar-refractivity contribution in [1.82, 2.24) is 15.3 Å². The molecular formula is C19H30N4O. The lowest BCUT2D eigenvalue weighted by molar-refractivity contribution is 0.202. The van der Waals surface area contributed by atoms with Crippen LogP contribution in [0.15, 0.2) is 6.20 Å².